The lowest BCUT2D eigenvalue weighted by molar-refractivity contribution is -0.384. The average molecular weight is 307 g/mol. The maximum absolute atomic E-state index is 11.9. The van der Waals surface area contributed by atoms with E-state index in [2.05, 4.69) is 10.2 Å². The Balaban J connectivity index is 1.68. The summed E-state index contributed by atoms with van der Waals surface area (Å²) in [4.78, 5) is 24.2. The lowest BCUT2D eigenvalue weighted by atomic mass is 10.1. The van der Waals surface area contributed by atoms with Crippen molar-refractivity contribution < 1.29 is 14.8 Å². The third-order valence-corrected chi connectivity index (χ3v) is 3.83. The Morgan fingerprint density at radius 2 is 1.95 bits per heavy atom. The molecule has 0 spiro atoms. The average Bonchev–Trinajstić information content (AvgIpc) is 2.53. The van der Waals surface area contributed by atoms with Gasteiger partial charge in [-0.05, 0) is 37.9 Å². The molecule has 1 amide bonds. The van der Waals surface area contributed by atoms with Crippen molar-refractivity contribution in [2.75, 3.05) is 26.2 Å². The Hall–Kier alpha value is -1.99. The van der Waals surface area contributed by atoms with Gasteiger partial charge in [0.2, 0.25) is 0 Å². The summed E-state index contributed by atoms with van der Waals surface area (Å²) in [5.74, 6) is -0.219. The van der Waals surface area contributed by atoms with Gasteiger partial charge in [0.15, 0.2) is 0 Å². The third-order valence-electron chi connectivity index (χ3n) is 3.83. The first-order valence-corrected chi connectivity index (χ1v) is 7.49. The zero-order valence-electron chi connectivity index (χ0n) is 12.4. The zero-order chi connectivity index (χ0) is 15.9. The number of benzene rings is 1. The number of carbonyl (C=O) groups excluding carboxylic acids is 1. The second kappa shape index (κ2) is 7.86. The Bertz CT molecular complexity index is 510. The number of likely N-dealkylation sites (tertiary alicyclic amines) is 1. The minimum absolute atomic E-state index is 0.0242. The van der Waals surface area contributed by atoms with Crippen LogP contribution in [0.2, 0.25) is 0 Å². The fraction of sp³-hybridized carbons (Fsp3) is 0.533. The molecule has 0 aromatic heterocycles. The summed E-state index contributed by atoms with van der Waals surface area (Å²) >= 11 is 0. The van der Waals surface area contributed by atoms with Crippen LogP contribution >= 0.6 is 0 Å². The van der Waals surface area contributed by atoms with E-state index in [0.717, 1.165) is 38.9 Å². The Morgan fingerprint density at radius 1 is 1.32 bits per heavy atom. The van der Waals surface area contributed by atoms with Gasteiger partial charge >= 0.3 is 0 Å². The van der Waals surface area contributed by atoms with Crippen LogP contribution in [0, 0.1) is 10.1 Å². The van der Waals surface area contributed by atoms with E-state index >= 15 is 0 Å². The summed E-state index contributed by atoms with van der Waals surface area (Å²) in [6.45, 7) is 3.26. The second-order valence-electron chi connectivity index (χ2n) is 5.49. The number of aliphatic hydroxyl groups excluding tert-OH is 1. The van der Waals surface area contributed by atoms with Gasteiger partial charge in [-0.2, -0.15) is 0 Å². The first-order valence-electron chi connectivity index (χ1n) is 7.49. The second-order valence-corrected chi connectivity index (χ2v) is 5.49. The molecule has 1 aliphatic rings. The van der Waals surface area contributed by atoms with Crippen LogP contribution < -0.4 is 5.32 Å². The third kappa shape index (κ3) is 4.78. The summed E-state index contributed by atoms with van der Waals surface area (Å²) in [5, 5.41) is 22.8. The first-order chi connectivity index (χ1) is 10.6. The van der Waals surface area contributed by atoms with E-state index in [-0.39, 0.29) is 17.7 Å². The normalized spacial score (nSPS) is 16.4. The molecule has 7 heteroatoms. The van der Waals surface area contributed by atoms with Gasteiger partial charge in [0.1, 0.15) is 0 Å². The summed E-state index contributed by atoms with van der Waals surface area (Å²) in [5.41, 5.74) is 0.399. The largest absolute Gasteiger partial charge is 0.393 e. The van der Waals surface area contributed by atoms with Gasteiger partial charge in [0.05, 0.1) is 11.0 Å². The highest BCUT2D eigenvalue weighted by Crippen LogP contribution is 2.12. The molecule has 0 bridgehead atoms. The van der Waals surface area contributed by atoms with Gasteiger partial charge in [-0.1, -0.05) is 0 Å². The predicted molar refractivity (Wildman–Crippen MR) is 81.7 cm³/mol. The Kier molecular flexibility index (Phi) is 5.85. The van der Waals surface area contributed by atoms with Gasteiger partial charge in [0, 0.05) is 37.3 Å². The number of non-ortho nitro benzene ring substituents is 1. The molecule has 1 saturated heterocycles. The van der Waals surface area contributed by atoms with Crippen molar-refractivity contribution >= 4 is 11.6 Å². The molecule has 2 rings (SSSR count). The van der Waals surface area contributed by atoms with Crippen molar-refractivity contribution in [2.24, 2.45) is 0 Å². The molecule has 1 fully saturated rings. The quantitative estimate of drug-likeness (QED) is 0.467. The number of carbonyl (C=O) groups is 1. The standard InChI is InChI=1S/C15H21N3O4/c19-14-6-10-17(11-7-14)9-1-8-16-15(20)12-2-4-13(5-3-12)18(21)22/h2-5,14,19H,1,6-11H2,(H,16,20). The van der Waals surface area contributed by atoms with E-state index in [9.17, 15) is 20.0 Å². The molecular weight excluding hydrogens is 286 g/mol. The van der Waals surface area contributed by atoms with E-state index in [4.69, 9.17) is 0 Å². The van der Waals surface area contributed by atoms with Crippen LogP contribution in [-0.4, -0.2) is 53.1 Å². The smallest absolute Gasteiger partial charge is 0.269 e. The van der Waals surface area contributed by atoms with E-state index in [0.29, 0.717) is 12.1 Å². The van der Waals surface area contributed by atoms with Gasteiger partial charge < -0.3 is 15.3 Å². The van der Waals surface area contributed by atoms with Crippen molar-refractivity contribution in [1.82, 2.24) is 10.2 Å². The van der Waals surface area contributed by atoms with Crippen LogP contribution in [0.25, 0.3) is 0 Å². The molecule has 1 aliphatic heterocycles. The molecular formula is C15H21N3O4. The van der Waals surface area contributed by atoms with Crippen LogP contribution in [0.1, 0.15) is 29.6 Å². The Labute approximate surface area is 129 Å². The Morgan fingerprint density at radius 3 is 2.55 bits per heavy atom. The number of hydrogen-bond donors (Lipinski definition) is 2. The fourth-order valence-corrected chi connectivity index (χ4v) is 2.48. The topological polar surface area (TPSA) is 95.7 Å². The molecule has 1 aromatic rings. The number of aliphatic hydroxyl groups is 1. The van der Waals surface area contributed by atoms with E-state index in [1.54, 1.807) is 0 Å². The number of piperidine rings is 1. The van der Waals surface area contributed by atoms with Gasteiger partial charge in [0.25, 0.3) is 11.6 Å². The summed E-state index contributed by atoms with van der Waals surface area (Å²) < 4.78 is 0. The first kappa shape index (κ1) is 16.4. The van der Waals surface area contributed by atoms with Crippen molar-refractivity contribution in [1.29, 1.82) is 0 Å². The lowest BCUT2D eigenvalue weighted by Gasteiger charge is -2.29. The van der Waals surface area contributed by atoms with Crippen LogP contribution in [0.3, 0.4) is 0 Å². The molecule has 0 unspecified atom stereocenters. The number of amides is 1. The molecule has 0 saturated carbocycles. The van der Waals surface area contributed by atoms with Gasteiger partial charge in [-0.15, -0.1) is 0 Å². The highest BCUT2D eigenvalue weighted by atomic mass is 16.6. The van der Waals surface area contributed by atoms with E-state index in [1.807, 2.05) is 0 Å². The number of nitro groups is 1. The summed E-state index contributed by atoms with van der Waals surface area (Å²) in [6.07, 6.45) is 2.30. The van der Waals surface area contributed by atoms with E-state index in [1.165, 1.54) is 24.3 Å². The highest BCUT2D eigenvalue weighted by molar-refractivity contribution is 5.94. The minimum atomic E-state index is -0.489. The number of nitrogens with one attached hydrogen (secondary N) is 1. The molecule has 0 atom stereocenters. The minimum Gasteiger partial charge on any atom is -0.393 e. The molecule has 1 aromatic carbocycles. The summed E-state index contributed by atoms with van der Waals surface area (Å²) in [6, 6.07) is 5.57. The van der Waals surface area contributed by atoms with Crippen molar-refractivity contribution in [2.45, 2.75) is 25.4 Å². The maximum Gasteiger partial charge on any atom is 0.269 e. The number of rotatable bonds is 6. The van der Waals surface area contributed by atoms with Crippen LogP contribution in [0.15, 0.2) is 24.3 Å². The summed E-state index contributed by atoms with van der Waals surface area (Å²) in [7, 11) is 0. The van der Waals surface area contributed by atoms with Crippen LogP contribution in [0.4, 0.5) is 5.69 Å². The van der Waals surface area contributed by atoms with Crippen LogP contribution in [-0.2, 0) is 0 Å². The van der Waals surface area contributed by atoms with E-state index < -0.39 is 4.92 Å². The van der Waals surface area contributed by atoms with Crippen molar-refractivity contribution in [3.8, 4) is 0 Å². The highest BCUT2D eigenvalue weighted by Gasteiger charge is 2.16. The molecule has 22 heavy (non-hydrogen) atoms. The fourth-order valence-electron chi connectivity index (χ4n) is 2.48. The van der Waals surface area contributed by atoms with Crippen LogP contribution in [0.5, 0.6) is 0 Å². The molecule has 0 radical (unpaired) electrons. The molecule has 0 aliphatic carbocycles. The van der Waals surface area contributed by atoms with Crippen molar-refractivity contribution in [3.05, 3.63) is 39.9 Å². The molecule has 7 nitrogen and oxygen atoms in total. The number of hydrogen-bond acceptors (Lipinski definition) is 5. The number of nitro benzene ring substituents is 1. The van der Waals surface area contributed by atoms with Crippen molar-refractivity contribution in [3.63, 3.8) is 0 Å². The molecule has 1 heterocycles. The lowest BCUT2D eigenvalue weighted by Crippen LogP contribution is -2.37. The predicted octanol–water partition coefficient (Wildman–Crippen LogP) is 1.17. The SMILES string of the molecule is O=C(NCCCN1CCC(O)CC1)c1ccc([N+](=O)[O-])cc1. The molecule has 2 N–H and O–H groups in total. The van der Waals surface area contributed by atoms with Gasteiger partial charge in [-0.25, -0.2) is 0 Å². The molecule has 120 valence electrons. The zero-order valence-corrected chi connectivity index (χ0v) is 12.4. The van der Waals surface area contributed by atoms with Gasteiger partial charge in [-0.3, -0.25) is 14.9 Å². The maximum atomic E-state index is 11.9. The number of nitrogens with zero attached hydrogens (tertiary/aromatic N) is 2. The monoisotopic (exact) mass is 307 g/mol.